The van der Waals surface area contributed by atoms with E-state index in [-0.39, 0.29) is 6.79 Å². The molecule has 4 aromatic rings. The Kier molecular flexibility index (Phi) is 3.19. The maximum Gasteiger partial charge on any atom is 0.253 e. The minimum Gasteiger partial charge on any atom is -0.485 e. The predicted molar refractivity (Wildman–Crippen MR) is 97.6 cm³/mol. The Labute approximate surface area is 159 Å². The lowest BCUT2D eigenvalue weighted by Crippen LogP contribution is -2.22. The minimum absolute atomic E-state index is 0.235. The van der Waals surface area contributed by atoms with Gasteiger partial charge in [-0.15, -0.1) is 5.10 Å². The van der Waals surface area contributed by atoms with E-state index in [1.54, 1.807) is 10.7 Å². The quantitative estimate of drug-likeness (QED) is 0.533. The van der Waals surface area contributed by atoms with Crippen molar-refractivity contribution in [2.45, 2.75) is 6.10 Å². The summed E-state index contributed by atoms with van der Waals surface area (Å²) in [7, 11) is 0. The summed E-state index contributed by atoms with van der Waals surface area (Å²) in [6.07, 6.45) is 1.31. The highest BCUT2D eigenvalue weighted by atomic mass is 16.7. The zero-order valence-corrected chi connectivity index (χ0v) is 14.6. The summed E-state index contributed by atoms with van der Waals surface area (Å²) in [6.45, 7) is 0.575. The molecule has 0 radical (unpaired) electrons. The fourth-order valence-electron chi connectivity index (χ4n) is 3.37. The Hall–Kier alpha value is -3.81. The van der Waals surface area contributed by atoms with Gasteiger partial charge in [0.05, 0.1) is 5.69 Å². The van der Waals surface area contributed by atoms with Crippen LogP contribution >= 0.6 is 0 Å². The molecular weight excluding hydrogens is 360 g/mol. The Morgan fingerprint density at radius 2 is 1.75 bits per heavy atom. The molecule has 8 nitrogen and oxygen atoms in total. The Bertz CT molecular complexity index is 1210. The van der Waals surface area contributed by atoms with Crippen molar-refractivity contribution in [1.29, 1.82) is 0 Å². The zero-order chi connectivity index (χ0) is 18.5. The molecule has 0 saturated carbocycles. The lowest BCUT2D eigenvalue weighted by Gasteiger charge is -2.24. The third kappa shape index (κ3) is 2.34. The second-order valence-corrected chi connectivity index (χ2v) is 6.44. The van der Waals surface area contributed by atoms with Crippen LogP contribution in [0.15, 0.2) is 54.7 Å². The smallest absolute Gasteiger partial charge is 0.253 e. The van der Waals surface area contributed by atoms with Crippen LogP contribution in [0, 0.1) is 0 Å². The summed E-state index contributed by atoms with van der Waals surface area (Å²) in [5.74, 6) is 3.87. The van der Waals surface area contributed by atoms with E-state index in [4.69, 9.17) is 18.9 Å². The molecule has 0 amide bonds. The van der Waals surface area contributed by atoms with Gasteiger partial charge in [-0.25, -0.2) is 4.98 Å². The normalized spacial score (nSPS) is 17.1. The van der Waals surface area contributed by atoms with E-state index in [1.165, 1.54) is 0 Å². The van der Waals surface area contributed by atoms with Gasteiger partial charge in [-0.2, -0.15) is 9.50 Å². The molecule has 0 fully saturated rings. The summed E-state index contributed by atoms with van der Waals surface area (Å²) < 4.78 is 24.4. The number of benzene rings is 2. The standard InChI is InChI=1S/C20H14N4O4/c1-2-4-16-14(3-1)25-10-18(28-16)19-22-20-21-8-7-13(24(20)23-19)12-5-6-15-17(9-12)27-11-26-15/h1-9,18H,10-11H2. The molecule has 1 unspecified atom stereocenters. The van der Waals surface area contributed by atoms with Crippen LogP contribution < -0.4 is 18.9 Å². The fraction of sp³-hybridized carbons (Fsp3) is 0.150. The zero-order valence-electron chi connectivity index (χ0n) is 14.6. The van der Waals surface area contributed by atoms with Gasteiger partial charge >= 0.3 is 0 Å². The maximum atomic E-state index is 6.03. The van der Waals surface area contributed by atoms with E-state index < -0.39 is 6.10 Å². The molecule has 0 bridgehead atoms. The number of fused-ring (bicyclic) bond motifs is 3. The summed E-state index contributed by atoms with van der Waals surface area (Å²) in [5, 5.41) is 4.65. The van der Waals surface area contributed by atoms with Gasteiger partial charge < -0.3 is 18.9 Å². The van der Waals surface area contributed by atoms with Crippen molar-refractivity contribution in [1.82, 2.24) is 19.6 Å². The number of para-hydroxylation sites is 2. The number of nitrogens with zero attached hydrogens (tertiary/aromatic N) is 4. The van der Waals surface area contributed by atoms with Gasteiger partial charge in [-0.3, -0.25) is 0 Å². The van der Waals surface area contributed by atoms with Crippen LogP contribution in [0.3, 0.4) is 0 Å². The Morgan fingerprint density at radius 3 is 2.71 bits per heavy atom. The fourth-order valence-corrected chi connectivity index (χ4v) is 3.37. The molecule has 2 aromatic heterocycles. The van der Waals surface area contributed by atoms with Gasteiger partial charge in [-0.05, 0) is 36.4 Å². The van der Waals surface area contributed by atoms with Crippen molar-refractivity contribution in [3.8, 4) is 34.3 Å². The van der Waals surface area contributed by atoms with E-state index in [0.29, 0.717) is 29.7 Å². The topological polar surface area (TPSA) is 80.0 Å². The summed E-state index contributed by atoms with van der Waals surface area (Å²) in [5.41, 5.74) is 1.78. The SMILES string of the molecule is c1ccc2c(c1)OCC(c1nc3nccc(-c4ccc5c(c4)OCO5)n3n1)O2. The third-order valence-corrected chi connectivity index (χ3v) is 4.72. The molecule has 28 heavy (non-hydrogen) atoms. The van der Waals surface area contributed by atoms with Crippen LogP contribution in [0.25, 0.3) is 17.0 Å². The lowest BCUT2D eigenvalue weighted by molar-refractivity contribution is 0.0852. The summed E-state index contributed by atoms with van der Waals surface area (Å²) in [4.78, 5) is 8.88. The molecule has 2 aromatic carbocycles. The van der Waals surface area contributed by atoms with E-state index in [2.05, 4.69) is 15.1 Å². The molecule has 8 heteroatoms. The maximum absolute atomic E-state index is 6.03. The molecular formula is C20H14N4O4. The largest absolute Gasteiger partial charge is 0.485 e. The van der Waals surface area contributed by atoms with Crippen LogP contribution in [0.2, 0.25) is 0 Å². The Morgan fingerprint density at radius 1 is 0.893 bits per heavy atom. The molecule has 0 N–H and O–H groups in total. The molecule has 0 spiro atoms. The highest BCUT2D eigenvalue weighted by Crippen LogP contribution is 2.37. The number of hydrogen-bond acceptors (Lipinski definition) is 7. The van der Waals surface area contributed by atoms with Gasteiger partial charge in [0.15, 0.2) is 34.9 Å². The number of hydrogen-bond donors (Lipinski definition) is 0. The molecule has 0 saturated heterocycles. The van der Waals surface area contributed by atoms with Gasteiger partial charge in [-0.1, -0.05) is 12.1 Å². The van der Waals surface area contributed by atoms with E-state index in [0.717, 1.165) is 22.8 Å². The lowest BCUT2D eigenvalue weighted by atomic mass is 10.1. The Balaban J connectivity index is 1.40. The van der Waals surface area contributed by atoms with Crippen LogP contribution in [-0.2, 0) is 0 Å². The van der Waals surface area contributed by atoms with Crippen LogP contribution in [0.4, 0.5) is 0 Å². The second-order valence-electron chi connectivity index (χ2n) is 6.44. The monoisotopic (exact) mass is 374 g/mol. The summed E-state index contributed by atoms with van der Waals surface area (Å²) >= 11 is 0. The van der Waals surface area contributed by atoms with Crippen molar-refractivity contribution in [2.75, 3.05) is 13.4 Å². The second kappa shape index (κ2) is 5.85. The molecule has 138 valence electrons. The molecule has 2 aliphatic rings. The first-order valence-corrected chi connectivity index (χ1v) is 8.85. The number of aromatic nitrogens is 4. The van der Waals surface area contributed by atoms with Crippen molar-refractivity contribution < 1.29 is 18.9 Å². The van der Waals surface area contributed by atoms with Crippen LogP contribution in [0.1, 0.15) is 11.9 Å². The average molecular weight is 374 g/mol. The average Bonchev–Trinajstić information content (AvgIpc) is 3.39. The number of ether oxygens (including phenoxy) is 4. The van der Waals surface area contributed by atoms with Gasteiger partial charge in [0, 0.05) is 11.8 Å². The molecule has 1 atom stereocenters. The highest BCUT2D eigenvalue weighted by Gasteiger charge is 2.27. The van der Waals surface area contributed by atoms with Crippen molar-refractivity contribution in [3.63, 3.8) is 0 Å². The van der Waals surface area contributed by atoms with E-state index in [9.17, 15) is 0 Å². The third-order valence-electron chi connectivity index (χ3n) is 4.72. The van der Waals surface area contributed by atoms with Crippen molar-refractivity contribution in [2.24, 2.45) is 0 Å². The predicted octanol–water partition coefficient (Wildman–Crippen LogP) is 3.03. The van der Waals surface area contributed by atoms with Gasteiger partial charge in [0.1, 0.15) is 6.61 Å². The molecule has 4 heterocycles. The molecule has 0 aliphatic carbocycles. The first kappa shape index (κ1) is 15.3. The molecule has 6 rings (SSSR count). The molecule has 2 aliphatic heterocycles. The van der Waals surface area contributed by atoms with Crippen LogP contribution in [-0.4, -0.2) is 33.0 Å². The highest BCUT2D eigenvalue weighted by molar-refractivity contribution is 5.66. The first-order chi connectivity index (χ1) is 13.8. The van der Waals surface area contributed by atoms with Gasteiger partial charge in [0.25, 0.3) is 5.78 Å². The summed E-state index contributed by atoms with van der Waals surface area (Å²) in [6, 6.07) is 15.2. The van der Waals surface area contributed by atoms with E-state index >= 15 is 0 Å². The minimum atomic E-state index is -0.402. The van der Waals surface area contributed by atoms with E-state index in [1.807, 2.05) is 48.5 Å². The van der Waals surface area contributed by atoms with Crippen molar-refractivity contribution >= 4 is 5.78 Å². The van der Waals surface area contributed by atoms with Crippen molar-refractivity contribution in [3.05, 3.63) is 60.6 Å². The van der Waals surface area contributed by atoms with Crippen LogP contribution in [0.5, 0.6) is 23.0 Å². The number of rotatable bonds is 2. The van der Waals surface area contributed by atoms with Gasteiger partial charge in [0.2, 0.25) is 6.79 Å². The first-order valence-electron chi connectivity index (χ1n) is 8.85.